The van der Waals surface area contributed by atoms with Gasteiger partial charge < -0.3 is 0 Å². The molecule has 0 spiro atoms. The van der Waals surface area contributed by atoms with Crippen LogP contribution in [0.15, 0.2) is 0 Å². The van der Waals surface area contributed by atoms with Gasteiger partial charge in [-0.2, -0.15) is 0 Å². The predicted molar refractivity (Wildman–Crippen MR) is 43.0 cm³/mol. The molecule has 0 aromatic rings. The lowest BCUT2D eigenvalue weighted by Crippen LogP contribution is -2.03. The van der Waals surface area contributed by atoms with Crippen LogP contribution in [0.1, 0.15) is 32.1 Å². The zero-order valence-corrected chi connectivity index (χ0v) is 7.37. The van der Waals surface area contributed by atoms with Gasteiger partial charge in [0.1, 0.15) is 0 Å². The molecule has 8 heavy (non-hydrogen) atoms. The second kappa shape index (κ2) is 4.63. The Morgan fingerprint density at radius 3 is 1.75 bits per heavy atom. The van der Waals surface area contributed by atoms with Crippen molar-refractivity contribution in [2.24, 2.45) is 0 Å². The van der Waals surface area contributed by atoms with Gasteiger partial charge in [-0.15, -0.1) is 28.6 Å². The maximum atomic E-state index is 5.82. The Kier molecular flexibility index (Phi) is 5.08. The lowest BCUT2D eigenvalue weighted by molar-refractivity contribution is 0.511. The van der Waals surface area contributed by atoms with Gasteiger partial charge in [0.05, 0.1) is 0 Å². The summed E-state index contributed by atoms with van der Waals surface area (Å²) in [5.41, 5.74) is 0. The Balaban J connectivity index is 0.000000490. The number of hydrogen-bond acceptors (Lipinski definition) is 0. The van der Waals surface area contributed by atoms with Crippen molar-refractivity contribution in [3.63, 3.8) is 0 Å². The molecule has 1 aliphatic carbocycles. The molecule has 1 fully saturated rings. The first-order valence-electron chi connectivity index (χ1n) is 3.03. The fourth-order valence-electron chi connectivity index (χ4n) is 1.05. The minimum absolute atomic E-state index is 0. The van der Waals surface area contributed by atoms with E-state index in [0.717, 1.165) is 0 Å². The maximum Gasteiger partial charge on any atom is 0.0336 e. The first-order chi connectivity index (χ1) is 3.39. The van der Waals surface area contributed by atoms with Crippen LogP contribution in [0.3, 0.4) is 0 Å². The molecule has 1 rings (SSSR count). The molecule has 0 aliphatic heterocycles. The summed E-state index contributed by atoms with van der Waals surface area (Å²) in [7, 11) is 0. The highest BCUT2D eigenvalue weighted by Gasteiger charge is 2.08. The van der Waals surface area contributed by atoms with E-state index in [1.165, 1.54) is 32.1 Å². The standard InChI is InChI=1S/C6H11Cl.BrH/c7-6-4-2-1-3-5-6;/h6H,1-5H2;1H. The van der Waals surface area contributed by atoms with Crippen molar-refractivity contribution in [3.05, 3.63) is 0 Å². The third kappa shape index (κ3) is 2.93. The number of alkyl halides is 1. The van der Waals surface area contributed by atoms with Crippen LogP contribution in [-0.4, -0.2) is 5.38 Å². The van der Waals surface area contributed by atoms with E-state index in [1.807, 2.05) is 0 Å². The van der Waals surface area contributed by atoms with E-state index < -0.39 is 0 Å². The first-order valence-corrected chi connectivity index (χ1v) is 3.47. The third-order valence-corrected chi connectivity index (χ3v) is 1.97. The molecular weight excluding hydrogens is 187 g/mol. The van der Waals surface area contributed by atoms with Crippen LogP contribution in [0.25, 0.3) is 0 Å². The number of rotatable bonds is 0. The minimum Gasteiger partial charge on any atom is -0.123 e. The van der Waals surface area contributed by atoms with Crippen LogP contribution in [0.5, 0.6) is 0 Å². The average Bonchev–Trinajstić information content (AvgIpc) is 1.69. The summed E-state index contributed by atoms with van der Waals surface area (Å²) in [6.07, 6.45) is 6.62. The molecule has 1 saturated carbocycles. The molecule has 1 aliphatic rings. The number of hydrogen-bond donors (Lipinski definition) is 0. The summed E-state index contributed by atoms with van der Waals surface area (Å²) in [6, 6.07) is 0. The predicted octanol–water partition coefficient (Wildman–Crippen LogP) is 3.14. The topological polar surface area (TPSA) is 0 Å². The Morgan fingerprint density at radius 1 is 1.00 bits per heavy atom. The van der Waals surface area contributed by atoms with Gasteiger partial charge in [0.2, 0.25) is 0 Å². The highest BCUT2D eigenvalue weighted by Crippen LogP contribution is 2.21. The van der Waals surface area contributed by atoms with E-state index in [9.17, 15) is 0 Å². The van der Waals surface area contributed by atoms with E-state index in [0.29, 0.717) is 5.38 Å². The van der Waals surface area contributed by atoms with Crippen molar-refractivity contribution < 1.29 is 0 Å². The smallest absolute Gasteiger partial charge is 0.0336 e. The quantitative estimate of drug-likeness (QED) is 0.526. The Hall–Kier alpha value is 0.770. The van der Waals surface area contributed by atoms with Gasteiger partial charge in [0, 0.05) is 5.38 Å². The summed E-state index contributed by atoms with van der Waals surface area (Å²) in [4.78, 5) is 0. The molecule has 0 saturated heterocycles. The second-order valence-corrected chi connectivity index (χ2v) is 2.85. The van der Waals surface area contributed by atoms with Crippen molar-refractivity contribution >= 4 is 28.6 Å². The van der Waals surface area contributed by atoms with Crippen LogP contribution in [0.4, 0.5) is 0 Å². The van der Waals surface area contributed by atoms with Crippen LogP contribution in [0.2, 0.25) is 0 Å². The molecule has 0 amide bonds. The zero-order valence-electron chi connectivity index (χ0n) is 4.90. The third-order valence-electron chi connectivity index (χ3n) is 1.53. The van der Waals surface area contributed by atoms with Gasteiger partial charge >= 0.3 is 0 Å². The molecule has 0 nitrogen and oxygen atoms in total. The van der Waals surface area contributed by atoms with Crippen LogP contribution in [0, 0.1) is 0 Å². The lowest BCUT2D eigenvalue weighted by atomic mass is 10.0. The molecule has 50 valence electrons. The molecule has 0 unspecified atom stereocenters. The average molecular weight is 200 g/mol. The van der Waals surface area contributed by atoms with E-state index in [4.69, 9.17) is 11.6 Å². The van der Waals surface area contributed by atoms with Crippen molar-refractivity contribution in [2.75, 3.05) is 0 Å². The molecule has 2 heteroatoms. The lowest BCUT2D eigenvalue weighted by Gasteiger charge is -2.13. The van der Waals surface area contributed by atoms with Gasteiger partial charge in [-0.05, 0) is 12.8 Å². The monoisotopic (exact) mass is 198 g/mol. The Bertz CT molecular complexity index is 50.5. The van der Waals surface area contributed by atoms with Crippen molar-refractivity contribution in [1.82, 2.24) is 0 Å². The van der Waals surface area contributed by atoms with E-state index in [2.05, 4.69) is 0 Å². The van der Waals surface area contributed by atoms with Crippen LogP contribution >= 0.6 is 28.6 Å². The highest BCUT2D eigenvalue weighted by atomic mass is 79.9. The van der Waals surface area contributed by atoms with E-state index >= 15 is 0 Å². The van der Waals surface area contributed by atoms with Gasteiger partial charge in [-0.25, -0.2) is 0 Å². The van der Waals surface area contributed by atoms with Gasteiger partial charge in [-0.1, -0.05) is 19.3 Å². The van der Waals surface area contributed by atoms with Crippen molar-refractivity contribution in [1.29, 1.82) is 0 Å². The summed E-state index contributed by atoms with van der Waals surface area (Å²) < 4.78 is 0. The minimum atomic E-state index is 0. The maximum absolute atomic E-state index is 5.82. The SMILES string of the molecule is Br.ClC1CCCCC1. The molecule has 0 heterocycles. The summed E-state index contributed by atoms with van der Waals surface area (Å²) in [6.45, 7) is 0. The molecule has 0 N–H and O–H groups in total. The normalized spacial score (nSPS) is 22.1. The fraction of sp³-hybridized carbons (Fsp3) is 1.00. The molecule has 0 bridgehead atoms. The Morgan fingerprint density at radius 2 is 1.50 bits per heavy atom. The second-order valence-electron chi connectivity index (χ2n) is 2.24. The largest absolute Gasteiger partial charge is 0.123 e. The summed E-state index contributed by atoms with van der Waals surface area (Å²) in [5.74, 6) is 0. The van der Waals surface area contributed by atoms with Gasteiger partial charge in [0.25, 0.3) is 0 Å². The van der Waals surface area contributed by atoms with Crippen LogP contribution < -0.4 is 0 Å². The van der Waals surface area contributed by atoms with E-state index in [-0.39, 0.29) is 17.0 Å². The summed E-state index contributed by atoms with van der Waals surface area (Å²) >= 11 is 5.82. The Labute approximate surface area is 66.4 Å². The summed E-state index contributed by atoms with van der Waals surface area (Å²) in [5, 5.41) is 0.508. The molecule has 0 atom stereocenters. The molecular formula is C6H12BrCl. The van der Waals surface area contributed by atoms with Crippen molar-refractivity contribution in [3.8, 4) is 0 Å². The molecule has 0 aromatic carbocycles. The van der Waals surface area contributed by atoms with Gasteiger partial charge in [0.15, 0.2) is 0 Å². The zero-order chi connectivity index (χ0) is 5.11. The fourth-order valence-corrected chi connectivity index (χ4v) is 1.36. The van der Waals surface area contributed by atoms with Crippen molar-refractivity contribution in [2.45, 2.75) is 37.5 Å². The highest BCUT2D eigenvalue weighted by molar-refractivity contribution is 8.93. The van der Waals surface area contributed by atoms with E-state index in [1.54, 1.807) is 0 Å². The molecule has 0 radical (unpaired) electrons. The van der Waals surface area contributed by atoms with Gasteiger partial charge in [-0.3, -0.25) is 0 Å². The number of halogens is 2. The first kappa shape index (κ1) is 8.77. The van der Waals surface area contributed by atoms with Crippen LogP contribution in [-0.2, 0) is 0 Å². The molecule has 0 aromatic heterocycles.